The second-order valence-electron chi connectivity index (χ2n) is 3.84. The van der Waals surface area contributed by atoms with Gasteiger partial charge in [0.2, 0.25) is 0 Å². The Bertz CT molecular complexity index is 740. The summed E-state index contributed by atoms with van der Waals surface area (Å²) in [4.78, 5) is 15.1. The number of fused-ring (bicyclic) bond motifs is 1. The predicted molar refractivity (Wildman–Crippen MR) is 70.4 cm³/mol. The van der Waals surface area contributed by atoms with E-state index in [1.54, 1.807) is 10.3 Å². The van der Waals surface area contributed by atoms with Gasteiger partial charge in [-0.15, -0.1) is 6.07 Å². The van der Waals surface area contributed by atoms with Crippen LogP contribution in [-0.4, -0.2) is 27.9 Å². The van der Waals surface area contributed by atoms with Crippen LogP contribution in [0.1, 0.15) is 0 Å². The Morgan fingerprint density at radius 1 is 1.72 bits per heavy atom. The van der Waals surface area contributed by atoms with Gasteiger partial charge in [0.15, 0.2) is 11.2 Å². The number of nitrogens with one attached hydrogen (secondary N) is 2. The Balaban J connectivity index is 2.13. The standard InChI is InChI=1S/C11H9N3O2S2/c1-14-4-2-3-6-10(14)18-9(12-6)8-13-7(5-17-8)11(15)16/h2-3,7,12-13H,1,5H2/p+1/b9-8-. The molecule has 0 amide bonds. The normalized spacial score (nSPS) is 22.1. The fraction of sp³-hybridized carbons (Fsp3) is 0.182. The maximum absolute atomic E-state index is 10.9. The van der Waals surface area contributed by atoms with Gasteiger partial charge in [-0.1, -0.05) is 17.8 Å². The molecule has 0 aliphatic carbocycles. The SMILES string of the molecule is C=[n+]1[c-]ccc2[nH]/c(=C3\NC(C(=O)O)CS3)[s+]c21. The van der Waals surface area contributed by atoms with Crippen molar-refractivity contribution in [1.29, 1.82) is 0 Å². The summed E-state index contributed by atoms with van der Waals surface area (Å²) in [7, 11) is 0. The van der Waals surface area contributed by atoms with Crippen LogP contribution in [0.25, 0.3) is 15.4 Å². The summed E-state index contributed by atoms with van der Waals surface area (Å²) in [5, 5.41) is 12.8. The van der Waals surface area contributed by atoms with Crippen molar-refractivity contribution in [2.24, 2.45) is 0 Å². The molecule has 1 aliphatic rings. The number of carbonyl (C=O) groups is 1. The molecule has 5 nitrogen and oxygen atoms in total. The van der Waals surface area contributed by atoms with Crippen LogP contribution < -0.4 is 14.2 Å². The van der Waals surface area contributed by atoms with Crippen LogP contribution in [0.3, 0.4) is 0 Å². The summed E-state index contributed by atoms with van der Waals surface area (Å²) in [6.07, 6.45) is 2.97. The lowest BCUT2D eigenvalue weighted by Crippen LogP contribution is -2.32. The van der Waals surface area contributed by atoms with E-state index in [1.807, 2.05) is 6.07 Å². The second-order valence-corrected chi connectivity index (χ2v) is 5.87. The molecule has 7 heteroatoms. The minimum Gasteiger partial charge on any atom is -0.480 e. The van der Waals surface area contributed by atoms with Gasteiger partial charge in [-0.2, -0.15) is 0 Å². The molecule has 1 fully saturated rings. The number of thioether (sulfide) groups is 1. The number of H-pyrrole nitrogens is 1. The van der Waals surface area contributed by atoms with E-state index in [1.165, 1.54) is 23.1 Å². The first kappa shape index (κ1) is 11.5. The summed E-state index contributed by atoms with van der Waals surface area (Å²) < 4.78 is 2.60. The lowest BCUT2D eigenvalue weighted by atomic mass is 10.3. The van der Waals surface area contributed by atoms with Gasteiger partial charge in [-0.25, -0.2) is 9.04 Å². The monoisotopic (exact) mass is 280 g/mol. The number of hydrogen-bond donors (Lipinski definition) is 3. The number of aromatic amines is 1. The van der Waals surface area contributed by atoms with Gasteiger partial charge < -0.3 is 15.4 Å². The largest absolute Gasteiger partial charge is 0.480 e. The van der Waals surface area contributed by atoms with Crippen molar-refractivity contribution in [2.75, 3.05) is 5.75 Å². The van der Waals surface area contributed by atoms with Gasteiger partial charge in [0.1, 0.15) is 6.04 Å². The highest BCUT2D eigenvalue weighted by atomic mass is 32.2. The quantitative estimate of drug-likeness (QED) is 0.393. The van der Waals surface area contributed by atoms with Crippen LogP contribution in [0, 0.1) is 12.9 Å². The fourth-order valence-corrected chi connectivity index (χ4v) is 3.88. The average molecular weight is 280 g/mol. The Labute approximate surface area is 111 Å². The molecule has 2 aromatic rings. The van der Waals surface area contributed by atoms with Crippen molar-refractivity contribution in [3.05, 3.63) is 29.7 Å². The van der Waals surface area contributed by atoms with Gasteiger partial charge in [-0.05, 0) is 0 Å². The zero-order valence-corrected chi connectivity index (χ0v) is 10.9. The van der Waals surface area contributed by atoms with E-state index in [-0.39, 0.29) is 0 Å². The van der Waals surface area contributed by atoms with E-state index in [2.05, 4.69) is 23.2 Å². The van der Waals surface area contributed by atoms with Crippen LogP contribution in [0.15, 0.2) is 12.1 Å². The summed E-state index contributed by atoms with van der Waals surface area (Å²) in [5.74, 6) is -0.275. The number of carboxylic acids is 1. The third-order valence-corrected chi connectivity index (χ3v) is 4.99. The molecular formula is C11H10N3O2S2+. The Morgan fingerprint density at radius 3 is 3.22 bits per heavy atom. The molecule has 1 unspecified atom stereocenters. The van der Waals surface area contributed by atoms with Crippen LogP contribution in [0.5, 0.6) is 0 Å². The zero-order chi connectivity index (χ0) is 12.7. The van der Waals surface area contributed by atoms with Crippen molar-refractivity contribution >= 4 is 44.4 Å². The number of aliphatic carboxylic acids is 1. The average Bonchev–Trinajstić information content (AvgIpc) is 2.95. The summed E-state index contributed by atoms with van der Waals surface area (Å²) in [6, 6.07) is 3.20. The smallest absolute Gasteiger partial charge is 0.404 e. The van der Waals surface area contributed by atoms with Crippen molar-refractivity contribution in [3.63, 3.8) is 0 Å². The maximum atomic E-state index is 10.9. The third kappa shape index (κ3) is 1.85. The van der Waals surface area contributed by atoms with E-state index >= 15 is 0 Å². The molecule has 92 valence electrons. The number of thiazole rings is 1. The van der Waals surface area contributed by atoms with E-state index < -0.39 is 12.0 Å². The minimum absolute atomic E-state index is 0.512. The molecule has 2 aromatic heterocycles. The first-order chi connectivity index (χ1) is 8.65. The molecule has 0 aromatic carbocycles. The van der Waals surface area contributed by atoms with Gasteiger partial charge in [0.25, 0.3) is 11.3 Å². The van der Waals surface area contributed by atoms with Crippen molar-refractivity contribution in [1.82, 2.24) is 10.3 Å². The maximum Gasteiger partial charge on any atom is 0.404 e. The van der Waals surface area contributed by atoms with Gasteiger partial charge in [0.05, 0.1) is 12.2 Å². The van der Waals surface area contributed by atoms with E-state index in [0.717, 1.165) is 20.0 Å². The first-order valence-corrected chi connectivity index (χ1v) is 7.04. The second kappa shape index (κ2) is 4.25. The molecule has 1 saturated heterocycles. The predicted octanol–water partition coefficient (Wildman–Crippen LogP) is 0.0932. The lowest BCUT2D eigenvalue weighted by Gasteiger charge is -2.00. The molecule has 18 heavy (non-hydrogen) atoms. The van der Waals surface area contributed by atoms with Gasteiger partial charge >= 0.3 is 15.5 Å². The summed E-state index contributed by atoms with van der Waals surface area (Å²) in [6.45, 7) is 3.85. The summed E-state index contributed by atoms with van der Waals surface area (Å²) in [5.41, 5.74) is 0.970. The molecule has 1 aliphatic heterocycles. The highest BCUT2D eigenvalue weighted by Gasteiger charge is 2.29. The molecule has 0 saturated carbocycles. The van der Waals surface area contributed by atoms with Crippen molar-refractivity contribution in [2.45, 2.75) is 6.04 Å². The van der Waals surface area contributed by atoms with Gasteiger partial charge in [-0.3, -0.25) is 0 Å². The number of nitrogens with zero attached hydrogens (tertiary/aromatic N) is 1. The number of rotatable bonds is 1. The minimum atomic E-state index is -0.820. The lowest BCUT2D eigenvalue weighted by molar-refractivity contribution is -0.470. The van der Waals surface area contributed by atoms with Crippen LogP contribution in [-0.2, 0) is 4.79 Å². The number of hydrogen-bond acceptors (Lipinski definition) is 3. The van der Waals surface area contributed by atoms with E-state index in [9.17, 15) is 4.79 Å². The van der Waals surface area contributed by atoms with E-state index in [4.69, 9.17) is 5.11 Å². The first-order valence-electron chi connectivity index (χ1n) is 5.24. The van der Waals surface area contributed by atoms with Crippen LogP contribution in [0.2, 0.25) is 0 Å². The third-order valence-electron chi connectivity index (χ3n) is 2.61. The Hall–Kier alpha value is -1.60. The summed E-state index contributed by atoms with van der Waals surface area (Å²) >= 11 is 3.05. The van der Waals surface area contributed by atoms with Crippen molar-refractivity contribution < 1.29 is 14.1 Å². The molecule has 3 N–H and O–H groups in total. The molecule has 0 spiro atoms. The molecule has 3 heterocycles. The zero-order valence-electron chi connectivity index (χ0n) is 9.27. The molecule has 3 rings (SSSR count). The number of aromatic nitrogens is 2. The van der Waals surface area contributed by atoms with Crippen molar-refractivity contribution in [3.8, 4) is 0 Å². The molecule has 1 atom stereocenters. The Morgan fingerprint density at radius 2 is 2.56 bits per heavy atom. The highest BCUT2D eigenvalue weighted by molar-refractivity contribution is 8.08. The highest BCUT2D eigenvalue weighted by Crippen LogP contribution is 2.23. The van der Waals surface area contributed by atoms with Crippen LogP contribution in [0.4, 0.5) is 0 Å². The van der Waals surface area contributed by atoms with Gasteiger partial charge in [0, 0.05) is 5.75 Å². The fourth-order valence-electron chi connectivity index (χ4n) is 1.71. The molecule has 0 bridgehead atoms. The molecular weight excluding hydrogens is 270 g/mol. The van der Waals surface area contributed by atoms with Crippen LogP contribution >= 0.6 is 23.1 Å². The molecule has 0 radical (unpaired) electrons. The Kier molecular flexibility index (Phi) is 2.71. The topological polar surface area (TPSA) is 71.0 Å². The van der Waals surface area contributed by atoms with E-state index in [0.29, 0.717) is 5.75 Å². The number of pyridine rings is 1. The number of carboxylic acid groups (broad SMARTS) is 1.